The third kappa shape index (κ3) is 2.79. The molecule has 0 heterocycles. The number of carbonyl (C=O) groups is 3. The number of carboxylic acid groups (broad SMARTS) is 1. The Morgan fingerprint density at radius 1 is 1.15 bits per heavy atom. The predicted molar refractivity (Wildman–Crippen MR) is 72.8 cm³/mol. The van der Waals surface area contributed by atoms with Crippen molar-refractivity contribution < 1.29 is 19.5 Å². The van der Waals surface area contributed by atoms with E-state index in [9.17, 15) is 14.4 Å². The maximum atomic E-state index is 11.8. The van der Waals surface area contributed by atoms with Crippen molar-refractivity contribution in [1.82, 2.24) is 5.32 Å². The largest absolute Gasteiger partial charge is 0.480 e. The van der Waals surface area contributed by atoms with Crippen LogP contribution >= 0.6 is 0 Å². The smallest absolute Gasteiger partial charge is 0.329 e. The summed E-state index contributed by atoms with van der Waals surface area (Å²) in [6, 6.07) is 5.86. The normalized spacial score (nSPS) is 15.8. The Morgan fingerprint density at radius 3 is 2.15 bits per heavy atom. The fourth-order valence-electron chi connectivity index (χ4n) is 2.09. The number of urea groups is 1. The number of nitrogens with one attached hydrogen (secondary N) is 2. The maximum Gasteiger partial charge on any atom is 0.329 e. The van der Waals surface area contributed by atoms with Crippen LogP contribution in [0, 0.1) is 0 Å². The molecule has 2 rings (SSSR count). The second-order valence-electron chi connectivity index (χ2n) is 4.95. The zero-order valence-corrected chi connectivity index (χ0v) is 11.1. The van der Waals surface area contributed by atoms with Crippen LogP contribution in [-0.4, -0.2) is 28.4 Å². The molecule has 0 aromatic heterocycles. The van der Waals surface area contributed by atoms with Crippen LogP contribution in [0.15, 0.2) is 24.3 Å². The molecule has 0 bridgehead atoms. The van der Waals surface area contributed by atoms with Crippen LogP contribution in [0.5, 0.6) is 0 Å². The minimum absolute atomic E-state index is 0.0553. The summed E-state index contributed by atoms with van der Waals surface area (Å²) in [6.07, 6.45) is 1.68. The first-order valence-electron chi connectivity index (χ1n) is 6.36. The molecule has 0 saturated heterocycles. The lowest BCUT2D eigenvalue weighted by atomic mass is 9.77. The Hall–Kier alpha value is -2.37. The van der Waals surface area contributed by atoms with E-state index in [1.54, 1.807) is 24.3 Å². The van der Waals surface area contributed by atoms with Gasteiger partial charge < -0.3 is 15.7 Å². The monoisotopic (exact) mass is 276 g/mol. The van der Waals surface area contributed by atoms with Crippen LogP contribution in [-0.2, 0) is 4.79 Å². The fourth-order valence-corrected chi connectivity index (χ4v) is 2.09. The van der Waals surface area contributed by atoms with E-state index in [0.717, 1.165) is 6.42 Å². The lowest BCUT2D eigenvalue weighted by molar-refractivity contribution is -0.148. The molecule has 2 amide bonds. The van der Waals surface area contributed by atoms with Crippen molar-refractivity contribution in [2.45, 2.75) is 31.7 Å². The van der Waals surface area contributed by atoms with Gasteiger partial charge in [0, 0.05) is 11.3 Å². The van der Waals surface area contributed by atoms with Gasteiger partial charge >= 0.3 is 12.0 Å². The van der Waals surface area contributed by atoms with Crippen molar-refractivity contribution in [3.63, 3.8) is 0 Å². The van der Waals surface area contributed by atoms with Gasteiger partial charge in [-0.15, -0.1) is 0 Å². The van der Waals surface area contributed by atoms with E-state index in [1.165, 1.54) is 6.92 Å². The average molecular weight is 276 g/mol. The minimum Gasteiger partial charge on any atom is -0.480 e. The molecule has 3 N–H and O–H groups in total. The molecular formula is C14H16N2O4. The Balaban J connectivity index is 1.97. The lowest BCUT2D eigenvalue weighted by Crippen LogP contribution is -2.60. The van der Waals surface area contributed by atoms with Crippen LogP contribution in [0.3, 0.4) is 0 Å². The summed E-state index contributed by atoms with van der Waals surface area (Å²) < 4.78 is 0. The van der Waals surface area contributed by atoms with Gasteiger partial charge in [0.15, 0.2) is 5.78 Å². The highest BCUT2D eigenvalue weighted by Crippen LogP contribution is 2.32. The van der Waals surface area contributed by atoms with Crippen molar-refractivity contribution in [1.29, 1.82) is 0 Å². The molecule has 0 aliphatic heterocycles. The van der Waals surface area contributed by atoms with Crippen molar-refractivity contribution in [2.75, 3.05) is 5.32 Å². The van der Waals surface area contributed by atoms with Crippen molar-refractivity contribution in [3.05, 3.63) is 29.8 Å². The van der Waals surface area contributed by atoms with Gasteiger partial charge in [0.25, 0.3) is 0 Å². The van der Waals surface area contributed by atoms with Gasteiger partial charge in [-0.3, -0.25) is 4.79 Å². The Bertz CT molecular complexity index is 547. The van der Waals surface area contributed by atoms with Gasteiger partial charge in [0.2, 0.25) is 0 Å². The predicted octanol–water partition coefficient (Wildman–Crippen LogP) is 2.02. The minimum atomic E-state index is -1.14. The zero-order valence-electron chi connectivity index (χ0n) is 11.1. The number of hydrogen-bond acceptors (Lipinski definition) is 3. The first-order valence-corrected chi connectivity index (χ1v) is 6.36. The fraction of sp³-hybridized carbons (Fsp3) is 0.357. The van der Waals surface area contributed by atoms with Crippen molar-refractivity contribution in [3.8, 4) is 0 Å². The zero-order chi connectivity index (χ0) is 14.8. The van der Waals surface area contributed by atoms with E-state index in [2.05, 4.69) is 10.6 Å². The lowest BCUT2D eigenvalue weighted by Gasteiger charge is -2.38. The maximum absolute atomic E-state index is 11.8. The van der Waals surface area contributed by atoms with Gasteiger partial charge in [-0.1, -0.05) is 0 Å². The molecule has 1 aromatic carbocycles. The van der Waals surface area contributed by atoms with Crippen LogP contribution in [0.1, 0.15) is 36.5 Å². The van der Waals surface area contributed by atoms with Gasteiger partial charge in [-0.2, -0.15) is 0 Å². The number of amides is 2. The summed E-state index contributed by atoms with van der Waals surface area (Å²) in [5, 5.41) is 14.2. The number of anilines is 1. The number of carbonyl (C=O) groups excluding carboxylic acids is 2. The van der Waals surface area contributed by atoms with Gasteiger partial charge in [-0.05, 0) is 50.5 Å². The molecule has 6 heteroatoms. The first-order chi connectivity index (χ1) is 9.43. The molecule has 106 valence electrons. The van der Waals surface area contributed by atoms with Crippen molar-refractivity contribution in [2.24, 2.45) is 0 Å². The third-order valence-corrected chi connectivity index (χ3v) is 3.52. The molecule has 0 spiro atoms. The van der Waals surface area contributed by atoms with Gasteiger partial charge in [0.1, 0.15) is 5.54 Å². The van der Waals surface area contributed by atoms with Crippen LogP contribution in [0.25, 0.3) is 0 Å². The van der Waals surface area contributed by atoms with Crippen molar-refractivity contribution >= 4 is 23.5 Å². The van der Waals surface area contributed by atoms with E-state index < -0.39 is 17.5 Å². The van der Waals surface area contributed by atoms with E-state index in [4.69, 9.17) is 5.11 Å². The van der Waals surface area contributed by atoms with Gasteiger partial charge in [0.05, 0.1) is 0 Å². The molecule has 1 fully saturated rings. The summed E-state index contributed by atoms with van der Waals surface area (Å²) in [7, 11) is 0. The van der Waals surface area contributed by atoms with E-state index in [1.807, 2.05) is 0 Å². The number of benzene rings is 1. The molecule has 0 radical (unpaired) electrons. The van der Waals surface area contributed by atoms with E-state index in [0.29, 0.717) is 24.1 Å². The quantitative estimate of drug-likeness (QED) is 0.733. The number of aliphatic carboxylic acids is 1. The molecule has 1 aliphatic carbocycles. The van der Waals surface area contributed by atoms with E-state index >= 15 is 0 Å². The molecule has 20 heavy (non-hydrogen) atoms. The Labute approximate surface area is 116 Å². The molecule has 1 aromatic rings. The summed E-state index contributed by atoms with van der Waals surface area (Å²) in [5.41, 5.74) is -0.0760. The Morgan fingerprint density at radius 2 is 1.75 bits per heavy atom. The average Bonchev–Trinajstić information content (AvgIpc) is 2.34. The standard InChI is InChI=1S/C14H16N2O4/c1-9(17)10-3-5-11(6-4-10)15-13(20)16-14(12(18)19)7-2-8-14/h3-6H,2,7-8H2,1H3,(H,18,19)(H2,15,16,20). The van der Waals surface area contributed by atoms with Crippen LogP contribution in [0.2, 0.25) is 0 Å². The number of carboxylic acids is 1. The van der Waals surface area contributed by atoms with E-state index in [-0.39, 0.29) is 5.78 Å². The first kappa shape index (κ1) is 14.0. The number of ketones is 1. The number of Topliss-reactive ketones (excluding diaryl/α,β-unsaturated/α-hetero) is 1. The number of rotatable bonds is 4. The summed E-state index contributed by atoms with van der Waals surface area (Å²) >= 11 is 0. The highest BCUT2D eigenvalue weighted by atomic mass is 16.4. The molecule has 6 nitrogen and oxygen atoms in total. The van der Waals surface area contributed by atoms with Gasteiger partial charge in [-0.25, -0.2) is 9.59 Å². The second-order valence-corrected chi connectivity index (χ2v) is 4.95. The highest BCUT2D eigenvalue weighted by molar-refractivity contribution is 5.96. The highest BCUT2D eigenvalue weighted by Gasteiger charge is 2.45. The van der Waals surface area contributed by atoms with Crippen LogP contribution < -0.4 is 10.6 Å². The molecule has 1 aliphatic rings. The third-order valence-electron chi connectivity index (χ3n) is 3.52. The molecule has 0 unspecified atom stereocenters. The topological polar surface area (TPSA) is 95.5 Å². The summed E-state index contributed by atoms with van der Waals surface area (Å²) in [5.74, 6) is -1.06. The molecule has 1 saturated carbocycles. The SMILES string of the molecule is CC(=O)c1ccc(NC(=O)NC2(C(=O)O)CCC2)cc1. The number of hydrogen-bond donors (Lipinski definition) is 3. The Kier molecular flexibility index (Phi) is 3.74. The molecular weight excluding hydrogens is 260 g/mol. The van der Waals surface area contributed by atoms with Crippen LogP contribution in [0.4, 0.5) is 10.5 Å². The second kappa shape index (κ2) is 5.32. The summed E-state index contributed by atoms with van der Waals surface area (Å²) in [6.45, 7) is 1.46. The molecule has 0 atom stereocenters. The summed E-state index contributed by atoms with van der Waals surface area (Å²) in [4.78, 5) is 34.0.